The van der Waals surface area contributed by atoms with Crippen LogP contribution in [-0.4, -0.2) is 13.0 Å². The van der Waals surface area contributed by atoms with Crippen LogP contribution in [0.3, 0.4) is 0 Å². The van der Waals surface area contributed by atoms with Gasteiger partial charge in [-0.05, 0) is 61.3 Å². The number of para-hydroxylation sites is 1. The number of carbonyl (C=O) groups is 1. The van der Waals surface area contributed by atoms with Gasteiger partial charge in [-0.15, -0.1) is 0 Å². The van der Waals surface area contributed by atoms with Crippen molar-refractivity contribution in [1.82, 2.24) is 5.32 Å². The highest BCUT2D eigenvalue weighted by Crippen LogP contribution is 2.69. The van der Waals surface area contributed by atoms with Crippen LogP contribution in [0.25, 0.3) is 0 Å². The van der Waals surface area contributed by atoms with Gasteiger partial charge in [0.1, 0.15) is 5.75 Å². The normalized spacial score (nSPS) is 39.7. The molecule has 2 atom stereocenters. The molecule has 1 amide bonds. The maximum Gasteiger partial charge on any atom is 0.226 e. The van der Waals surface area contributed by atoms with Crippen molar-refractivity contribution in [2.75, 3.05) is 7.11 Å². The van der Waals surface area contributed by atoms with Crippen LogP contribution in [-0.2, 0) is 11.3 Å². The zero-order valence-electron chi connectivity index (χ0n) is 15.2. The maximum absolute atomic E-state index is 13.2. The van der Waals surface area contributed by atoms with Gasteiger partial charge in [0.25, 0.3) is 0 Å². The first-order chi connectivity index (χ1) is 11.4. The Morgan fingerprint density at radius 2 is 1.79 bits per heavy atom. The monoisotopic (exact) mass is 327 g/mol. The van der Waals surface area contributed by atoms with Gasteiger partial charge in [0, 0.05) is 12.1 Å². The molecule has 3 heteroatoms. The summed E-state index contributed by atoms with van der Waals surface area (Å²) in [5.74, 6) is 1.87. The van der Waals surface area contributed by atoms with Crippen LogP contribution >= 0.6 is 0 Å². The molecule has 1 aromatic carbocycles. The zero-order valence-corrected chi connectivity index (χ0v) is 15.2. The molecule has 24 heavy (non-hydrogen) atoms. The van der Waals surface area contributed by atoms with E-state index in [1.165, 1.54) is 19.3 Å². The summed E-state index contributed by atoms with van der Waals surface area (Å²) in [6.45, 7) is 5.39. The Morgan fingerprint density at radius 1 is 1.12 bits per heavy atom. The van der Waals surface area contributed by atoms with E-state index in [-0.39, 0.29) is 11.3 Å². The van der Waals surface area contributed by atoms with Crippen molar-refractivity contribution in [3.8, 4) is 5.75 Å². The van der Waals surface area contributed by atoms with E-state index < -0.39 is 0 Å². The van der Waals surface area contributed by atoms with Gasteiger partial charge in [0.15, 0.2) is 0 Å². The summed E-state index contributed by atoms with van der Waals surface area (Å²) in [6, 6.07) is 7.94. The molecule has 1 N–H and O–H groups in total. The van der Waals surface area contributed by atoms with Crippen LogP contribution < -0.4 is 10.1 Å². The third-order valence-electron chi connectivity index (χ3n) is 6.74. The molecule has 0 saturated heterocycles. The molecule has 130 valence electrons. The molecule has 0 aliphatic heterocycles. The third-order valence-corrected chi connectivity index (χ3v) is 6.74. The van der Waals surface area contributed by atoms with Crippen LogP contribution in [0.15, 0.2) is 24.3 Å². The number of nitrogens with one attached hydrogen (secondary N) is 1. The van der Waals surface area contributed by atoms with Crippen LogP contribution in [0.5, 0.6) is 5.75 Å². The molecule has 1 aromatic rings. The van der Waals surface area contributed by atoms with Crippen molar-refractivity contribution in [2.24, 2.45) is 22.2 Å². The Bertz CT molecular complexity index is 650. The minimum atomic E-state index is -0.134. The van der Waals surface area contributed by atoms with Gasteiger partial charge >= 0.3 is 0 Å². The SMILES string of the molecule is COc1ccccc1CNC(=O)C12CC3CC(C)(CC(C)(C3)C1)C2. The predicted molar refractivity (Wildman–Crippen MR) is 94.7 cm³/mol. The molecule has 0 heterocycles. The predicted octanol–water partition coefficient (Wildman–Crippen LogP) is 4.31. The van der Waals surface area contributed by atoms with Gasteiger partial charge < -0.3 is 10.1 Å². The molecule has 4 fully saturated rings. The molecule has 4 aliphatic carbocycles. The Kier molecular flexibility index (Phi) is 3.49. The number of hydrogen-bond donors (Lipinski definition) is 1. The number of carbonyl (C=O) groups excluding carboxylic acids is 1. The van der Waals surface area contributed by atoms with Crippen molar-refractivity contribution >= 4 is 5.91 Å². The summed E-state index contributed by atoms with van der Waals surface area (Å²) >= 11 is 0. The Hall–Kier alpha value is -1.51. The number of amides is 1. The van der Waals surface area contributed by atoms with E-state index >= 15 is 0 Å². The summed E-state index contributed by atoms with van der Waals surface area (Å²) in [6.07, 6.45) is 7.19. The van der Waals surface area contributed by atoms with Crippen molar-refractivity contribution in [1.29, 1.82) is 0 Å². The summed E-state index contributed by atoms with van der Waals surface area (Å²) in [5.41, 5.74) is 1.66. The summed E-state index contributed by atoms with van der Waals surface area (Å²) in [5, 5.41) is 3.25. The second-order valence-electron chi connectivity index (χ2n) is 9.40. The minimum Gasteiger partial charge on any atom is -0.496 e. The second-order valence-corrected chi connectivity index (χ2v) is 9.40. The number of ether oxygens (including phenoxy) is 1. The standard InChI is InChI=1S/C21H29NO2/c1-19-8-15-9-20(2,12-19)14-21(10-15,13-19)18(23)22-11-16-6-4-5-7-17(16)24-3/h4-7,15H,8-14H2,1-3H3,(H,22,23). The average Bonchev–Trinajstić information content (AvgIpc) is 2.49. The second kappa shape index (κ2) is 5.24. The highest BCUT2D eigenvalue weighted by Gasteiger charge is 2.62. The van der Waals surface area contributed by atoms with Crippen LogP contribution in [0.4, 0.5) is 0 Å². The molecular weight excluding hydrogens is 298 g/mol. The topological polar surface area (TPSA) is 38.3 Å². The van der Waals surface area contributed by atoms with Crippen LogP contribution in [0.2, 0.25) is 0 Å². The molecule has 3 nitrogen and oxygen atoms in total. The van der Waals surface area contributed by atoms with Gasteiger partial charge in [0.05, 0.1) is 12.5 Å². The quantitative estimate of drug-likeness (QED) is 0.895. The molecule has 4 saturated carbocycles. The van der Waals surface area contributed by atoms with Gasteiger partial charge in [-0.1, -0.05) is 32.0 Å². The smallest absolute Gasteiger partial charge is 0.226 e. The fourth-order valence-corrected chi connectivity index (χ4v) is 6.91. The number of benzene rings is 1. The highest BCUT2D eigenvalue weighted by molar-refractivity contribution is 5.83. The average molecular weight is 327 g/mol. The van der Waals surface area contributed by atoms with E-state index in [0.29, 0.717) is 17.4 Å². The van der Waals surface area contributed by atoms with E-state index in [1.807, 2.05) is 24.3 Å². The third kappa shape index (κ3) is 2.53. The maximum atomic E-state index is 13.2. The summed E-state index contributed by atoms with van der Waals surface area (Å²) in [4.78, 5) is 13.2. The fourth-order valence-electron chi connectivity index (χ4n) is 6.91. The van der Waals surface area contributed by atoms with E-state index in [9.17, 15) is 4.79 Å². The van der Waals surface area contributed by atoms with Gasteiger partial charge in [-0.3, -0.25) is 4.79 Å². The molecule has 5 rings (SSSR count). The minimum absolute atomic E-state index is 0.134. The van der Waals surface area contributed by atoms with Crippen molar-refractivity contribution in [3.05, 3.63) is 29.8 Å². The lowest BCUT2D eigenvalue weighted by Crippen LogP contribution is -2.59. The first kappa shape index (κ1) is 16.0. The van der Waals surface area contributed by atoms with Crippen molar-refractivity contribution in [3.63, 3.8) is 0 Å². The lowest BCUT2D eigenvalue weighted by atomic mass is 9.40. The number of methoxy groups -OCH3 is 1. The van der Waals surface area contributed by atoms with Gasteiger partial charge in [-0.25, -0.2) is 0 Å². The Morgan fingerprint density at radius 3 is 2.42 bits per heavy atom. The Balaban J connectivity index is 1.52. The molecular formula is C21H29NO2. The molecule has 2 unspecified atom stereocenters. The molecule has 4 bridgehead atoms. The number of hydrogen-bond acceptors (Lipinski definition) is 2. The molecule has 0 radical (unpaired) electrons. The largest absolute Gasteiger partial charge is 0.496 e. The van der Waals surface area contributed by atoms with E-state index in [4.69, 9.17) is 4.74 Å². The van der Waals surface area contributed by atoms with E-state index in [2.05, 4.69) is 19.2 Å². The van der Waals surface area contributed by atoms with Crippen molar-refractivity contribution < 1.29 is 9.53 Å². The van der Waals surface area contributed by atoms with E-state index in [0.717, 1.165) is 36.5 Å². The lowest BCUT2D eigenvalue weighted by Gasteiger charge is -2.64. The number of rotatable bonds is 4. The molecule has 0 spiro atoms. The summed E-state index contributed by atoms with van der Waals surface area (Å²) < 4.78 is 5.41. The fraction of sp³-hybridized carbons (Fsp3) is 0.667. The zero-order chi connectivity index (χ0) is 17.0. The Labute approximate surface area is 145 Å². The van der Waals surface area contributed by atoms with Gasteiger partial charge in [-0.2, -0.15) is 0 Å². The lowest BCUT2D eigenvalue weighted by molar-refractivity contribution is -0.170. The van der Waals surface area contributed by atoms with Crippen LogP contribution in [0, 0.1) is 22.2 Å². The van der Waals surface area contributed by atoms with E-state index in [1.54, 1.807) is 7.11 Å². The highest BCUT2D eigenvalue weighted by atomic mass is 16.5. The summed E-state index contributed by atoms with van der Waals surface area (Å²) in [7, 11) is 1.68. The first-order valence-electron chi connectivity index (χ1n) is 9.26. The first-order valence-corrected chi connectivity index (χ1v) is 9.26. The molecule has 4 aliphatic rings. The van der Waals surface area contributed by atoms with Crippen LogP contribution in [0.1, 0.15) is 57.9 Å². The van der Waals surface area contributed by atoms with Crippen molar-refractivity contribution in [2.45, 2.75) is 58.9 Å². The van der Waals surface area contributed by atoms with Gasteiger partial charge in [0.2, 0.25) is 5.91 Å². The molecule has 0 aromatic heterocycles.